The highest BCUT2D eigenvalue weighted by Gasteiger charge is 2.17. The van der Waals surface area contributed by atoms with Gasteiger partial charge in [0.25, 0.3) is 10.0 Å². The van der Waals surface area contributed by atoms with E-state index < -0.39 is 15.9 Å². The van der Waals surface area contributed by atoms with Gasteiger partial charge in [-0.25, -0.2) is 8.42 Å². The molecular formula is C16H16N2O4S. The molecule has 23 heavy (non-hydrogen) atoms. The topological polar surface area (TPSA) is 106 Å². The summed E-state index contributed by atoms with van der Waals surface area (Å²) in [5.74, 6) is -0.777. The molecule has 0 fully saturated rings. The summed E-state index contributed by atoms with van der Waals surface area (Å²) in [5.41, 5.74) is 6.65. The number of ketones is 1. The van der Waals surface area contributed by atoms with Crippen molar-refractivity contribution in [1.82, 2.24) is 0 Å². The van der Waals surface area contributed by atoms with Crippen LogP contribution in [0.15, 0.2) is 47.4 Å². The van der Waals surface area contributed by atoms with Crippen LogP contribution in [-0.2, 0) is 10.0 Å². The maximum Gasteiger partial charge on any atom is 0.261 e. The summed E-state index contributed by atoms with van der Waals surface area (Å²) >= 11 is 0. The molecule has 2 aromatic rings. The minimum Gasteiger partial charge on any atom is -0.366 e. The molecule has 0 bridgehead atoms. The Labute approximate surface area is 134 Å². The average molecular weight is 332 g/mol. The molecule has 0 radical (unpaired) electrons. The molecule has 0 aliphatic rings. The standard InChI is InChI=1S/C16H16N2O4S/c1-10-14(16(17)20)4-3-5-15(10)18-23(21,22)13-8-6-12(7-9-13)11(2)19/h3-9,18H,1-2H3,(H2,17,20). The first kappa shape index (κ1) is 16.7. The molecule has 0 atom stereocenters. The second-order valence-corrected chi connectivity index (χ2v) is 6.71. The smallest absolute Gasteiger partial charge is 0.261 e. The van der Waals surface area contributed by atoms with Crippen LogP contribution in [-0.4, -0.2) is 20.1 Å². The van der Waals surface area contributed by atoms with Gasteiger partial charge in [0.2, 0.25) is 5.91 Å². The van der Waals surface area contributed by atoms with E-state index in [0.29, 0.717) is 11.1 Å². The Hall–Kier alpha value is -2.67. The Morgan fingerprint density at radius 2 is 1.65 bits per heavy atom. The van der Waals surface area contributed by atoms with E-state index in [1.807, 2.05) is 0 Å². The van der Waals surface area contributed by atoms with Crippen molar-refractivity contribution in [3.05, 3.63) is 59.2 Å². The number of hydrogen-bond donors (Lipinski definition) is 2. The van der Waals surface area contributed by atoms with Crippen LogP contribution in [0, 0.1) is 6.92 Å². The molecule has 6 nitrogen and oxygen atoms in total. The fourth-order valence-electron chi connectivity index (χ4n) is 2.09. The number of benzene rings is 2. The Balaban J connectivity index is 2.37. The van der Waals surface area contributed by atoms with Crippen molar-refractivity contribution in [3.8, 4) is 0 Å². The van der Waals surface area contributed by atoms with Gasteiger partial charge in [-0.1, -0.05) is 18.2 Å². The molecule has 120 valence electrons. The predicted octanol–water partition coefficient (Wildman–Crippen LogP) is 2.10. The van der Waals surface area contributed by atoms with Crippen molar-refractivity contribution in [1.29, 1.82) is 0 Å². The molecule has 0 aromatic heterocycles. The van der Waals surface area contributed by atoms with Crippen LogP contribution in [0.3, 0.4) is 0 Å². The molecule has 0 spiro atoms. The highest BCUT2D eigenvalue weighted by molar-refractivity contribution is 7.92. The summed E-state index contributed by atoms with van der Waals surface area (Å²) in [4.78, 5) is 22.6. The van der Waals surface area contributed by atoms with Gasteiger partial charge in [0, 0.05) is 11.1 Å². The fraction of sp³-hybridized carbons (Fsp3) is 0.125. The molecule has 2 aromatic carbocycles. The first-order valence-electron chi connectivity index (χ1n) is 6.75. The van der Waals surface area contributed by atoms with Crippen molar-refractivity contribution in [2.75, 3.05) is 4.72 Å². The molecule has 0 saturated carbocycles. The number of carbonyl (C=O) groups is 2. The van der Waals surface area contributed by atoms with E-state index in [4.69, 9.17) is 5.73 Å². The summed E-state index contributed by atoms with van der Waals surface area (Å²) < 4.78 is 27.2. The minimum absolute atomic E-state index is 0.0198. The molecule has 0 saturated heterocycles. The van der Waals surface area contributed by atoms with Gasteiger partial charge in [0.1, 0.15) is 0 Å². The predicted molar refractivity (Wildman–Crippen MR) is 87.0 cm³/mol. The van der Waals surface area contributed by atoms with Crippen molar-refractivity contribution in [2.24, 2.45) is 5.73 Å². The van der Waals surface area contributed by atoms with E-state index in [1.165, 1.54) is 37.3 Å². The van der Waals surface area contributed by atoms with Crippen LogP contribution in [0.5, 0.6) is 0 Å². The van der Waals surface area contributed by atoms with Crippen LogP contribution in [0.1, 0.15) is 33.2 Å². The van der Waals surface area contributed by atoms with Crippen LogP contribution in [0.25, 0.3) is 0 Å². The van der Waals surface area contributed by atoms with Crippen molar-refractivity contribution in [2.45, 2.75) is 18.7 Å². The zero-order valence-electron chi connectivity index (χ0n) is 12.7. The van der Waals surface area contributed by atoms with Crippen LogP contribution >= 0.6 is 0 Å². The Morgan fingerprint density at radius 3 is 2.17 bits per heavy atom. The maximum absolute atomic E-state index is 12.4. The minimum atomic E-state index is -3.83. The number of rotatable bonds is 5. The molecule has 0 aliphatic heterocycles. The number of hydrogen-bond acceptors (Lipinski definition) is 4. The van der Waals surface area contributed by atoms with Gasteiger partial charge in [-0.2, -0.15) is 0 Å². The lowest BCUT2D eigenvalue weighted by atomic mass is 10.1. The summed E-state index contributed by atoms with van der Waals surface area (Å²) in [7, 11) is -3.83. The zero-order valence-corrected chi connectivity index (χ0v) is 13.5. The third kappa shape index (κ3) is 3.57. The number of Topliss-reactive ketones (excluding diaryl/α,β-unsaturated/α-hetero) is 1. The quantitative estimate of drug-likeness (QED) is 0.818. The van der Waals surface area contributed by atoms with Gasteiger partial charge >= 0.3 is 0 Å². The third-order valence-electron chi connectivity index (χ3n) is 3.41. The Morgan fingerprint density at radius 1 is 1.04 bits per heavy atom. The number of carbonyl (C=O) groups excluding carboxylic acids is 2. The Bertz CT molecular complexity index is 871. The lowest BCUT2D eigenvalue weighted by molar-refractivity contribution is 0.0995. The van der Waals surface area contributed by atoms with Gasteiger partial charge < -0.3 is 5.73 Å². The van der Waals surface area contributed by atoms with Crippen molar-refractivity contribution < 1.29 is 18.0 Å². The van der Waals surface area contributed by atoms with Gasteiger partial charge in [-0.3, -0.25) is 14.3 Å². The van der Waals surface area contributed by atoms with E-state index in [0.717, 1.165) is 0 Å². The summed E-state index contributed by atoms with van der Waals surface area (Å²) in [5, 5.41) is 0. The number of nitrogens with one attached hydrogen (secondary N) is 1. The summed E-state index contributed by atoms with van der Waals surface area (Å²) in [6, 6.07) is 10.2. The van der Waals surface area contributed by atoms with E-state index in [2.05, 4.69) is 4.72 Å². The first-order valence-corrected chi connectivity index (χ1v) is 8.24. The Kier molecular flexibility index (Phi) is 4.51. The van der Waals surface area contributed by atoms with Crippen molar-refractivity contribution >= 4 is 27.4 Å². The van der Waals surface area contributed by atoms with Crippen LogP contribution < -0.4 is 10.5 Å². The second kappa shape index (κ2) is 6.21. The lowest BCUT2D eigenvalue weighted by Gasteiger charge is -2.12. The van der Waals surface area contributed by atoms with Crippen LogP contribution in [0.4, 0.5) is 5.69 Å². The number of nitrogens with two attached hydrogens (primary N) is 1. The van der Waals surface area contributed by atoms with Gasteiger partial charge in [0.15, 0.2) is 5.78 Å². The number of anilines is 1. The van der Waals surface area contributed by atoms with E-state index >= 15 is 0 Å². The van der Waals surface area contributed by atoms with E-state index in [-0.39, 0.29) is 21.9 Å². The van der Waals surface area contributed by atoms with E-state index in [1.54, 1.807) is 19.1 Å². The van der Waals surface area contributed by atoms with Gasteiger partial charge in [0.05, 0.1) is 10.6 Å². The number of primary amides is 1. The van der Waals surface area contributed by atoms with Gasteiger partial charge in [-0.05, 0) is 43.7 Å². The first-order chi connectivity index (χ1) is 10.7. The van der Waals surface area contributed by atoms with Crippen LogP contribution in [0.2, 0.25) is 0 Å². The largest absolute Gasteiger partial charge is 0.366 e. The summed E-state index contributed by atoms with van der Waals surface area (Å²) in [6.45, 7) is 3.01. The fourth-order valence-corrected chi connectivity index (χ4v) is 3.21. The second-order valence-electron chi connectivity index (χ2n) is 5.03. The molecule has 0 aliphatic carbocycles. The molecule has 0 heterocycles. The normalized spacial score (nSPS) is 11.0. The van der Waals surface area contributed by atoms with Gasteiger partial charge in [-0.15, -0.1) is 0 Å². The molecular weight excluding hydrogens is 316 g/mol. The molecule has 0 unspecified atom stereocenters. The van der Waals surface area contributed by atoms with E-state index in [9.17, 15) is 18.0 Å². The molecule has 3 N–H and O–H groups in total. The third-order valence-corrected chi connectivity index (χ3v) is 4.80. The maximum atomic E-state index is 12.4. The lowest BCUT2D eigenvalue weighted by Crippen LogP contribution is -2.17. The number of sulfonamides is 1. The number of amides is 1. The highest BCUT2D eigenvalue weighted by Crippen LogP contribution is 2.22. The SMILES string of the molecule is CC(=O)c1ccc(S(=O)(=O)Nc2cccc(C(N)=O)c2C)cc1. The molecule has 2 rings (SSSR count). The van der Waals surface area contributed by atoms with Crippen molar-refractivity contribution in [3.63, 3.8) is 0 Å². The molecule has 1 amide bonds. The zero-order chi connectivity index (χ0) is 17.2. The molecule has 7 heteroatoms. The average Bonchev–Trinajstić information content (AvgIpc) is 2.49. The highest BCUT2D eigenvalue weighted by atomic mass is 32.2. The summed E-state index contributed by atoms with van der Waals surface area (Å²) in [6.07, 6.45) is 0. The monoisotopic (exact) mass is 332 g/mol.